The van der Waals surface area contributed by atoms with E-state index in [2.05, 4.69) is 24.7 Å². The highest BCUT2D eigenvalue weighted by Gasteiger charge is 2.12. The number of hydrazone groups is 1. The molecule has 0 N–H and O–H groups in total. The standard InChI is InChI=1S/C8H18N2OSi/c1-10(2)9-7-6-8-11-12(3,4)5/h6-8H,1-5H3/b8-6+,9-7+. The van der Waals surface area contributed by atoms with Crippen molar-refractivity contribution in [3.8, 4) is 0 Å². The van der Waals surface area contributed by atoms with E-state index < -0.39 is 8.32 Å². The average Bonchev–Trinajstić information content (AvgIpc) is 1.83. The fraction of sp³-hybridized carbons (Fsp3) is 0.625. The monoisotopic (exact) mass is 186 g/mol. The van der Waals surface area contributed by atoms with E-state index in [1.54, 1.807) is 23.6 Å². The summed E-state index contributed by atoms with van der Waals surface area (Å²) in [6, 6.07) is 0. The maximum Gasteiger partial charge on any atom is 0.241 e. The van der Waals surface area contributed by atoms with Crippen molar-refractivity contribution in [3.63, 3.8) is 0 Å². The van der Waals surface area contributed by atoms with Gasteiger partial charge in [-0.1, -0.05) is 0 Å². The largest absolute Gasteiger partial charge is 0.550 e. The molecule has 0 saturated heterocycles. The van der Waals surface area contributed by atoms with Gasteiger partial charge in [0, 0.05) is 20.3 Å². The van der Waals surface area contributed by atoms with Crippen molar-refractivity contribution in [2.24, 2.45) is 5.10 Å². The molecule has 12 heavy (non-hydrogen) atoms. The summed E-state index contributed by atoms with van der Waals surface area (Å²) >= 11 is 0. The lowest BCUT2D eigenvalue weighted by atomic mass is 10.7. The zero-order valence-electron chi connectivity index (χ0n) is 8.53. The van der Waals surface area contributed by atoms with Crippen LogP contribution in [0.3, 0.4) is 0 Å². The van der Waals surface area contributed by atoms with Gasteiger partial charge in [-0.2, -0.15) is 5.10 Å². The molecule has 3 nitrogen and oxygen atoms in total. The first-order chi connectivity index (χ1) is 5.42. The predicted molar refractivity (Wildman–Crippen MR) is 55.8 cm³/mol. The van der Waals surface area contributed by atoms with Crippen LogP contribution in [0.2, 0.25) is 19.6 Å². The van der Waals surface area contributed by atoms with Crippen LogP contribution in [0, 0.1) is 0 Å². The van der Waals surface area contributed by atoms with Gasteiger partial charge in [-0.05, 0) is 25.7 Å². The van der Waals surface area contributed by atoms with E-state index in [1.807, 2.05) is 14.1 Å². The Labute approximate surface area is 75.8 Å². The summed E-state index contributed by atoms with van der Waals surface area (Å²) < 4.78 is 5.46. The molecule has 0 atom stereocenters. The Morgan fingerprint density at radius 2 is 1.83 bits per heavy atom. The molecular formula is C8H18N2OSi. The van der Waals surface area contributed by atoms with Crippen LogP contribution in [0.15, 0.2) is 17.4 Å². The van der Waals surface area contributed by atoms with Gasteiger partial charge in [-0.25, -0.2) is 0 Å². The number of hydrogen-bond donors (Lipinski definition) is 0. The van der Waals surface area contributed by atoms with Gasteiger partial charge >= 0.3 is 0 Å². The number of nitrogens with zero attached hydrogens (tertiary/aromatic N) is 2. The van der Waals surface area contributed by atoms with Crippen LogP contribution in [0.25, 0.3) is 0 Å². The van der Waals surface area contributed by atoms with Gasteiger partial charge in [-0.3, -0.25) is 0 Å². The van der Waals surface area contributed by atoms with Crippen molar-refractivity contribution in [2.75, 3.05) is 14.1 Å². The van der Waals surface area contributed by atoms with Crippen molar-refractivity contribution in [3.05, 3.63) is 12.3 Å². The zero-order chi connectivity index (χ0) is 9.61. The highest BCUT2D eigenvalue weighted by Crippen LogP contribution is 2.01. The molecule has 0 aliphatic heterocycles. The summed E-state index contributed by atoms with van der Waals surface area (Å²) in [4.78, 5) is 0. The number of rotatable bonds is 4. The SMILES string of the molecule is CN(C)/N=C/C=C/O[Si](C)(C)C. The van der Waals surface area contributed by atoms with Crippen LogP contribution < -0.4 is 0 Å². The van der Waals surface area contributed by atoms with Gasteiger partial charge < -0.3 is 9.43 Å². The highest BCUT2D eigenvalue weighted by atomic mass is 28.4. The van der Waals surface area contributed by atoms with E-state index >= 15 is 0 Å². The van der Waals surface area contributed by atoms with Crippen molar-refractivity contribution in [1.82, 2.24) is 5.01 Å². The van der Waals surface area contributed by atoms with Crippen LogP contribution in [0.5, 0.6) is 0 Å². The molecule has 0 unspecified atom stereocenters. The molecule has 0 aromatic heterocycles. The molecule has 0 aromatic rings. The molecule has 0 spiro atoms. The highest BCUT2D eigenvalue weighted by molar-refractivity contribution is 6.69. The van der Waals surface area contributed by atoms with Crippen molar-refractivity contribution in [2.45, 2.75) is 19.6 Å². The first-order valence-corrected chi connectivity index (χ1v) is 7.37. The molecule has 0 radical (unpaired) electrons. The second-order valence-electron chi connectivity index (χ2n) is 3.67. The average molecular weight is 186 g/mol. The van der Waals surface area contributed by atoms with Gasteiger partial charge in [0.25, 0.3) is 0 Å². The summed E-state index contributed by atoms with van der Waals surface area (Å²) in [5.41, 5.74) is 0. The quantitative estimate of drug-likeness (QED) is 0.290. The topological polar surface area (TPSA) is 24.8 Å². The summed E-state index contributed by atoms with van der Waals surface area (Å²) in [7, 11) is 2.36. The summed E-state index contributed by atoms with van der Waals surface area (Å²) in [5, 5.41) is 5.74. The van der Waals surface area contributed by atoms with Crippen LogP contribution >= 0.6 is 0 Å². The van der Waals surface area contributed by atoms with Crippen LogP contribution in [0.4, 0.5) is 0 Å². The Morgan fingerprint density at radius 1 is 1.25 bits per heavy atom. The van der Waals surface area contributed by atoms with Crippen LogP contribution in [-0.2, 0) is 4.43 Å². The molecule has 0 heterocycles. The van der Waals surface area contributed by atoms with E-state index in [-0.39, 0.29) is 0 Å². The lowest BCUT2D eigenvalue weighted by Crippen LogP contribution is -2.21. The smallest absolute Gasteiger partial charge is 0.241 e. The van der Waals surface area contributed by atoms with E-state index in [4.69, 9.17) is 4.43 Å². The molecule has 0 aliphatic carbocycles. The first kappa shape index (κ1) is 11.2. The number of hydrogen-bond acceptors (Lipinski definition) is 3. The number of allylic oxidation sites excluding steroid dienone is 1. The van der Waals surface area contributed by atoms with Gasteiger partial charge in [-0.15, -0.1) is 0 Å². The van der Waals surface area contributed by atoms with Crippen molar-refractivity contribution >= 4 is 14.5 Å². The van der Waals surface area contributed by atoms with E-state index in [0.717, 1.165) is 0 Å². The van der Waals surface area contributed by atoms with Gasteiger partial charge in [0.2, 0.25) is 8.32 Å². The van der Waals surface area contributed by atoms with E-state index in [0.29, 0.717) is 0 Å². The molecule has 0 aliphatic rings. The Bertz CT molecular complexity index is 170. The summed E-state index contributed by atoms with van der Waals surface area (Å²) in [6.45, 7) is 6.42. The normalized spacial score (nSPS) is 12.8. The lowest BCUT2D eigenvalue weighted by Gasteiger charge is -2.14. The van der Waals surface area contributed by atoms with Gasteiger partial charge in [0.05, 0.1) is 6.26 Å². The molecule has 4 heteroatoms. The van der Waals surface area contributed by atoms with Crippen molar-refractivity contribution < 1.29 is 4.43 Å². The molecule has 0 amide bonds. The Kier molecular flexibility index (Phi) is 4.66. The molecule has 0 fully saturated rings. The summed E-state index contributed by atoms with van der Waals surface area (Å²) in [5.74, 6) is 0. The lowest BCUT2D eigenvalue weighted by molar-refractivity contribution is 0.440. The fourth-order valence-corrected chi connectivity index (χ4v) is 0.937. The second kappa shape index (κ2) is 4.98. The zero-order valence-corrected chi connectivity index (χ0v) is 9.53. The van der Waals surface area contributed by atoms with Gasteiger partial charge in [0.1, 0.15) is 0 Å². The third-order valence-corrected chi connectivity index (χ3v) is 1.73. The summed E-state index contributed by atoms with van der Waals surface area (Å²) in [6.07, 6.45) is 5.22. The molecule has 0 saturated carbocycles. The van der Waals surface area contributed by atoms with Crippen LogP contribution in [-0.4, -0.2) is 33.6 Å². The fourth-order valence-electron chi connectivity index (χ4n) is 0.450. The minimum Gasteiger partial charge on any atom is -0.550 e. The molecule has 70 valence electrons. The molecule has 0 rings (SSSR count). The third-order valence-electron chi connectivity index (χ3n) is 0.884. The minimum atomic E-state index is -1.40. The molecular weight excluding hydrogens is 168 g/mol. The third kappa shape index (κ3) is 9.23. The predicted octanol–water partition coefficient (Wildman–Crippen LogP) is 1.90. The van der Waals surface area contributed by atoms with E-state index in [1.165, 1.54) is 0 Å². The first-order valence-electron chi connectivity index (χ1n) is 3.96. The second-order valence-corrected chi connectivity index (χ2v) is 8.13. The minimum absolute atomic E-state index is 1.40. The Hall–Kier alpha value is -0.773. The van der Waals surface area contributed by atoms with Crippen LogP contribution in [0.1, 0.15) is 0 Å². The molecule has 0 aromatic carbocycles. The maximum atomic E-state index is 5.46. The maximum absolute atomic E-state index is 5.46. The van der Waals surface area contributed by atoms with Gasteiger partial charge in [0.15, 0.2) is 0 Å². The Balaban J connectivity index is 3.64. The Morgan fingerprint density at radius 3 is 2.25 bits per heavy atom. The molecule has 0 bridgehead atoms. The van der Waals surface area contributed by atoms with E-state index in [9.17, 15) is 0 Å². The van der Waals surface area contributed by atoms with Crippen molar-refractivity contribution in [1.29, 1.82) is 0 Å².